The zero-order valence-corrected chi connectivity index (χ0v) is 14.8. The molecule has 118 valence electrons. The van der Waals surface area contributed by atoms with Crippen molar-refractivity contribution in [2.24, 2.45) is 4.99 Å². The van der Waals surface area contributed by atoms with Crippen LogP contribution in [-0.2, 0) is 6.54 Å². The molecule has 0 bridgehead atoms. The number of benzene rings is 2. The van der Waals surface area contributed by atoms with E-state index in [-0.39, 0.29) is 5.91 Å². The normalized spacial score (nSPS) is 12.1. The summed E-state index contributed by atoms with van der Waals surface area (Å²) >= 11 is 7.43. The van der Waals surface area contributed by atoms with Gasteiger partial charge in [-0.3, -0.25) is 4.79 Å². The number of thiazole rings is 1. The number of carbonyl (C=O) groups excluding carboxylic acids is 1. The van der Waals surface area contributed by atoms with Crippen LogP contribution in [0.2, 0.25) is 5.02 Å². The molecule has 1 aromatic heterocycles. The van der Waals surface area contributed by atoms with E-state index in [1.165, 1.54) is 15.8 Å². The molecule has 0 atom stereocenters. The molecule has 3 rings (SSSR count). The predicted molar refractivity (Wildman–Crippen MR) is 96.3 cm³/mol. The Morgan fingerprint density at radius 3 is 2.57 bits per heavy atom. The number of aromatic nitrogens is 1. The Hall–Kier alpha value is -1.91. The second-order valence-corrected chi connectivity index (χ2v) is 6.90. The van der Waals surface area contributed by atoms with Crippen molar-refractivity contribution >= 4 is 39.1 Å². The zero-order valence-electron chi connectivity index (χ0n) is 13.3. The summed E-state index contributed by atoms with van der Waals surface area (Å²) in [5.41, 5.74) is 4.11. The van der Waals surface area contributed by atoms with Gasteiger partial charge in [-0.25, -0.2) is 0 Å². The van der Waals surface area contributed by atoms with Crippen molar-refractivity contribution in [3.8, 4) is 0 Å². The monoisotopic (exact) mass is 344 g/mol. The third-order valence-corrected chi connectivity index (χ3v) is 5.20. The SMILES string of the molecule is CCn1c(=NC(=O)c2ccc(Cl)cc2)sc2c(C)cc(C)cc21. The van der Waals surface area contributed by atoms with Gasteiger partial charge in [-0.15, -0.1) is 0 Å². The Balaban J connectivity index is 2.17. The van der Waals surface area contributed by atoms with E-state index in [9.17, 15) is 4.79 Å². The summed E-state index contributed by atoms with van der Waals surface area (Å²) in [6.45, 7) is 7.02. The van der Waals surface area contributed by atoms with Crippen LogP contribution < -0.4 is 4.80 Å². The number of halogens is 1. The van der Waals surface area contributed by atoms with E-state index in [0.29, 0.717) is 10.6 Å². The minimum atomic E-state index is -0.246. The van der Waals surface area contributed by atoms with Gasteiger partial charge in [0, 0.05) is 17.1 Å². The third-order valence-electron chi connectivity index (χ3n) is 3.72. The van der Waals surface area contributed by atoms with Crippen LogP contribution in [0, 0.1) is 13.8 Å². The molecule has 1 amide bonds. The molecule has 0 unspecified atom stereocenters. The summed E-state index contributed by atoms with van der Waals surface area (Å²) in [7, 11) is 0. The summed E-state index contributed by atoms with van der Waals surface area (Å²) in [5, 5.41) is 0.609. The molecule has 0 aliphatic heterocycles. The molecule has 23 heavy (non-hydrogen) atoms. The number of nitrogens with zero attached hydrogens (tertiary/aromatic N) is 2. The standard InChI is InChI=1S/C18H17ClN2OS/c1-4-21-15-10-11(2)9-12(3)16(15)23-18(21)20-17(22)13-5-7-14(19)8-6-13/h5-10H,4H2,1-3H3. The van der Waals surface area contributed by atoms with Gasteiger partial charge in [0.15, 0.2) is 4.80 Å². The Bertz CT molecular complexity index is 952. The van der Waals surface area contributed by atoms with Gasteiger partial charge in [0.25, 0.3) is 5.91 Å². The van der Waals surface area contributed by atoms with E-state index < -0.39 is 0 Å². The average molecular weight is 345 g/mol. The quantitative estimate of drug-likeness (QED) is 0.661. The highest BCUT2D eigenvalue weighted by molar-refractivity contribution is 7.16. The third kappa shape index (κ3) is 3.09. The van der Waals surface area contributed by atoms with Gasteiger partial charge in [0.05, 0.1) is 10.2 Å². The van der Waals surface area contributed by atoms with Crippen LogP contribution in [0.1, 0.15) is 28.4 Å². The minimum absolute atomic E-state index is 0.246. The maximum Gasteiger partial charge on any atom is 0.279 e. The topological polar surface area (TPSA) is 34.4 Å². The number of aryl methyl sites for hydroxylation is 3. The van der Waals surface area contributed by atoms with Crippen LogP contribution >= 0.6 is 22.9 Å². The second-order valence-electron chi connectivity index (χ2n) is 5.48. The molecular weight excluding hydrogens is 328 g/mol. The zero-order chi connectivity index (χ0) is 16.6. The minimum Gasteiger partial charge on any atom is -0.317 e. The van der Waals surface area contributed by atoms with Crippen LogP contribution in [0.15, 0.2) is 41.4 Å². The van der Waals surface area contributed by atoms with Gasteiger partial charge < -0.3 is 4.57 Å². The Morgan fingerprint density at radius 2 is 1.91 bits per heavy atom. The number of fused-ring (bicyclic) bond motifs is 1. The van der Waals surface area contributed by atoms with Crippen molar-refractivity contribution < 1.29 is 4.79 Å². The molecule has 3 aromatic rings. The summed E-state index contributed by atoms with van der Waals surface area (Å²) in [6, 6.07) is 11.1. The van der Waals surface area contributed by atoms with Gasteiger partial charge >= 0.3 is 0 Å². The molecular formula is C18H17ClN2OS. The smallest absolute Gasteiger partial charge is 0.279 e. The fourth-order valence-electron chi connectivity index (χ4n) is 2.65. The van der Waals surface area contributed by atoms with Crippen molar-refractivity contribution in [2.75, 3.05) is 0 Å². The second kappa shape index (κ2) is 6.30. The van der Waals surface area contributed by atoms with Crippen molar-refractivity contribution in [1.29, 1.82) is 0 Å². The van der Waals surface area contributed by atoms with Crippen molar-refractivity contribution in [3.63, 3.8) is 0 Å². The van der Waals surface area contributed by atoms with E-state index >= 15 is 0 Å². The first kappa shape index (κ1) is 16.0. The summed E-state index contributed by atoms with van der Waals surface area (Å²) in [5.74, 6) is -0.246. The lowest BCUT2D eigenvalue weighted by atomic mass is 10.1. The molecule has 0 saturated carbocycles. The summed E-state index contributed by atoms with van der Waals surface area (Å²) in [4.78, 5) is 17.5. The lowest BCUT2D eigenvalue weighted by Crippen LogP contribution is -2.15. The molecule has 0 radical (unpaired) electrons. The first-order valence-corrected chi connectivity index (χ1v) is 8.64. The van der Waals surface area contributed by atoms with Crippen molar-refractivity contribution in [1.82, 2.24) is 4.57 Å². The molecule has 5 heteroatoms. The van der Waals surface area contributed by atoms with Crippen LogP contribution in [-0.4, -0.2) is 10.5 Å². The van der Waals surface area contributed by atoms with E-state index in [2.05, 4.69) is 42.5 Å². The molecule has 0 spiro atoms. The van der Waals surface area contributed by atoms with Gasteiger partial charge in [-0.1, -0.05) is 29.0 Å². The summed E-state index contributed by atoms with van der Waals surface area (Å²) in [6.07, 6.45) is 0. The number of carbonyl (C=O) groups is 1. The van der Waals surface area contributed by atoms with Crippen LogP contribution in [0.4, 0.5) is 0 Å². The predicted octanol–water partition coefficient (Wildman–Crippen LogP) is 4.73. The van der Waals surface area contributed by atoms with Crippen LogP contribution in [0.25, 0.3) is 10.2 Å². The highest BCUT2D eigenvalue weighted by Crippen LogP contribution is 2.23. The molecule has 0 aliphatic carbocycles. The van der Waals surface area contributed by atoms with E-state index in [1.807, 2.05) is 0 Å². The summed E-state index contributed by atoms with van der Waals surface area (Å²) < 4.78 is 3.27. The first-order valence-electron chi connectivity index (χ1n) is 7.45. The van der Waals surface area contributed by atoms with Crippen molar-refractivity contribution in [3.05, 3.63) is 62.9 Å². The fourth-order valence-corrected chi connectivity index (χ4v) is 3.92. The maximum atomic E-state index is 12.4. The van der Waals surface area contributed by atoms with Gasteiger partial charge in [-0.05, 0) is 62.2 Å². The largest absolute Gasteiger partial charge is 0.317 e. The Labute approximate surface area is 143 Å². The maximum absolute atomic E-state index is 12.4. The first-order chi connectivity index (χ1) is 11.0. The van der Waals surface area contributed by atoms with Gasteiger partial charge in [-0.2, -0.15) is 4.99 Å². The average Bonchev–Trinajstić information content (AvgIpc) is 2.85. The molecule has 1 heterocycles. The fraction of sp³-hybridized carbons (Fsp3) is 0.222. The van der Waals surface area contributed by atoms with E-state index in [0.717, 1.165) is 16.9 Å². The Kier molecular flexibility index (Phi) is 4.37. The number of hydrogen-bond acceptors (Lipinski definition) is 2. The van der Waals surface area contributed by atoms with Crippen LogP contribution in [0.5, 0.6) is 0 Å². The number of amides is 1. The highest BCUT2D eigenvalue weighted by atomic mass is 35.5. The molecule has 0 aliphatic rings. The molecule has 0 fully saturated rings. The molecule has 3 nitrogen and oxygen atoms in total. The Morgan fingerprint density at radius 1 is 1.22 bits per heavy atom. The van der Waals surface area contributed by atoms with Crippen molar-refractivity contribution in [2.45, 2.75) is 27.3 Å². The lowest BCUT2D eigenvalue weighted by molar-refractivity contribution is 0.0998. The van der Waals surface area contributed by atoms with Gasteiger partial charge in [0.2, 0.25) is 0 Å². The van der Waals surface area contributed by atoms with Gasteiger partial charge in [0.1, 0.15) is 0 Å². The van der Waals surface area contributed by atoms with Crippen LogP contribution in [0.3, 0.4) is 0 Å². The van der Waals surface area contributed by atoms with E-state index in [1.54, 1.807) is 35.6 Å². The molecule has 0 saturated heterocycles. The molecule has 2 aromatic carbocycles. The lowest BCUT2D eigenvalue weighted by Gasteiger charge is -2.03. The molecule has 0 N–H and O–H groups in total. The number of rotatable bonds is 2. The highest BCUT2D eigenvalue weighted by Gasteiger charge is 2.10. The number of hydrogen-bond donors (Lipinski definition) is 0. The van der Waals surface area contributed by atoms with E-state index in [4.69, 9.17) is 11.6 Å².